The van der Waals surface area contributed by atoms with Crippen LogP contribution >= 0.6 is 0 Å². The molecule has 1 aromatic carbocycles. The molecule has 0 aliphatic carbocycles. The van der Waals surface area contributed by atoms with E-state index in [9.17, 15) is 9.59 Å². The third-order valence-corrected chi connectivity index (χ3v) is 4.09. The molecular formula is C18H25N3O3. The summed E-state index contributed by atoms with van der Waals surface area (Å²) in [6, 6.07) is 6.86. The number of benzene rings is 1. The SMILES string of the molecule is COc1ccc(C=CC(=O)NC(C)C(=O)N2CCN(C)CC2)cc1. The molecular weight excluding hydrogens is 306 g/mol. The molecule has 1 heterocycles. The van der Waals surface area contributed by atoms with Crippen molar-refractivity contribution in [2.75, 3.05) is 40.3 Å². The first-order chi connectivity index (χ1) is 11.5. The Balaban J connectivity index is 1.84. The topological polar surface area (TPSA) is 61.9 Å². The van der Waals surface area contributed by atoms with Gasteiger partial charge in [0.15, 0.2) is 0 Å². The minimum Gasteiger partial charge on any atom is -0.497 e. The number of ether oxygens (including phenoxy) is 1. The zero-order chi connectivity index (χ0) is 17.5. The summed E-state index contributed by atoms with van der Waals surface area (Å²) in [5.41, 5.74) is 0.893. The van der Waals surface area contributed by atoms with E-state index < -0.39 is 6.04 Å². The van der Waals surface area contributed by atoms with E-state index in [2.05, 4.69) is 10.2 Å². The van der Waals surface area contributed by atoms with Crippen molar-refractivity contribution in [3.05, 3.63) is 35.9 Å². The minimum atomic E-state index is -0.526. The van der Waals surface area contributed by atoms with E-state index in [1.807, 2.05) is 31.3 Å². The van der Waals surface area contributed by atoms with Crippen LogP contribution in [0.15, 0.2) is 30.3 Å². The van der Waals surface area contributed by atoms with Crippen LogP contribution in [0, 0.1) is 0 Å². The number of methoxy groups -OCH3 is 1. The van der Waals surface area contributed by atoms with Gasteiger partial charge >= 0.3 is 0 Å². The van der Waals surface area contributed by atoms with Gasteiger partial charge in [-0.1, -0.05) is 12.1 Å². The summed E-state index contributed by atoms with van der Waals surface area (Å²) in [4.78, 5) is 28.3. The maximum absolute atomic E-state index is 12.3. The Morgan fingerprint density at radius 1 is 1.17 bits per heavy atom. The van der Waals surface area contributed by atoms with Gasteiger partial charge in [-0.25, -0.2) is 0 Å². The van der Waals surface area contributed by atoms with E-state index in [0.29, 0.717) is 13.1 Å². The molecule has 1 aliphatic rings. The van der Waals surface area contributed by atoms with Gasteiger partial charge in [-0.15, -0.1) is 0 Å². The van der Waals surface area contributed by atoms with Gasteiger partial charge in [-0.05, 0) is 37.7 Å². The Hall–Kier alpha value is -2.34. The molecule has 0 spiro atoms. The lowest BCUT2D eigenvalue weighted by Crippen LogP contribution is -2.53. The van der Waals surface area contributed by atoms with E-state index in [0.717, 1.165) is 24.4 Å². The number of nitrogens with one attached hydrogen (secondary N) is 1. The van der Waals surface area contributed by atoms with Gasteiger partial charge in [0.1, 0.15) is 11.8 Å². The Kier molecular flexibility index (Phi) is 6.37. The van der Waals surface area contributed by atoms with Crippen LogP contribution in [-0.4, -0.2) is 68.0 Å². The summed E-state index contributed by atoms with van der Waals surface area (Å²) in [7, 11) is 3.65. The number of likely N-dealkylation sites (N-methyl/N-ethyl adjacent to an activating group) is 1. The van der Waals surface area contributed by atoms with Gasteiger partial charge in [0, 0.05) is 32.3 Å². The number of carbonyl (C=O) groups excluding carboxylic acids is 2. The fourth-order valence-electron chi connectivity index (χ4n) is 2.51. The monoisotopic (exact) mass is 331 g/mol. The second-order valence-corrected chi connectivity index (χ2v) is 5.97. The van der Waals surface area contributed by atoms with Crippen molar-refractivity contribution in [1.82, 2.24) is 15.1 Å². The molecule has 1 aromatic rings. The number of nitrogens with zero attached hydrogens (tertiary/aromatic N) is 2. The lowest BCUT2D eigenvalue weighted by atomic mass is 10.2. The number of rotatable bonds is 5. The van der Waals surface area contributed by atoms with Crippen molar-refractivity contribution in [3.8, 4) is 5.75 Å². The Bertz CT molecular complexity index is 590. The van der Waals surface area contributed by atoms with Crippen molar-refractivity contribution in [2.24, 2.45) is 0 Å². The Labute approximate surface area is 143 Å². The van der Waals surface area contributed by atoms with E-state index in [1.165, 1.54) is 6.08 Å². The van der Waals surface area contributed by atoms with Gasteiger partial charge in [0.25, 0.3) is 0 Å². The van der Waals surface area contributed by atoms with E-state index >= 15 is 0 Å². The molecule has 1 fully saturated rings. The number of hydrogen-bond donors (Lipinski definition) is 1. The average Bonchev–Trinajstić information content (AvgIpc) is 2.60. The minimum absolute atomic E-state index is 0.0331. The van der Waals surface area contributed by atoms with Crippen LogP contribution in [0.3, 0.4) is 0 Å². The quantitative estimate of drug-likeness (QED) is 0.818. The predicted octanol–water partition coefficient (Wildman–Crippen LogP) is 0.987. The second-order valence-electron chi connectivity index (χ2n) is 5.97. The molecule has 6 heteroatoms. The summed E-state index contributed by atoms with van der Waals surface area (Å²) in [6.07, 6.45) is 3.15. The van der Waals surface area contributed by atoms with Gasteiger partial charge in [-0.2, -0.15) is 0 Å². The molecule has 2 rings (SSSR count). The summed E-state index contributed by atoms with van der Waals surface area (Å²) in [5, 5.41) is 2.73. The Morgan fingerprint density at radius 3 is 2.38 bits per heavy atom. The zero-order valence-corrected chi connectivity index (χ0v) is 14.5. The van der Waals surface area contributed by atoms with Crippen molar-refractivity contribution in [2.45, 2.75) is 13.0 Å². The first kappa shape index (κ1) is 18.0. The molecule has 24 heavy (non-hydrogen) atoms. The second kappa shape index (κ2) is 8.49. The van der Waals surface area contributed by atoms with E-state index in [1.54, 1.807) is 25.0 Å². The number of piperazine rings is 1. The fraction of sp³-hybridized carbons (Fsp3) is 0.444. The van der Waals surface area contributed by atoms with Crippen LogP contribution in [0.1, 0.15) is 12.5 Å². The average molecular weight is 331 g/mol. The standard InChI is InChI=1S/C18H25N3O3/c1-14(18(23)21-12-10-20(2)11-13-21)19-17(22)9-6-15-4-7-16(24-3)8-5-15/h4-9,14H,10-13H2,1-3H3,(H,19,22). The molecule has 1 atom stereocenters. The first-order valence-electron chi connectivity index (χ1n) is 8.09. The van der Waals surface area contributed by atoms with Crippen LogP contribution in [0.2, 0.25) is 0 Å². The van der Waals surface area contributed by atoms with E-state index in [-0.39, 0.29) is 11.8 Å². The summed E-state index contributed by atoms with van der Waals surface area (Å²) in [6.45, 7) is 4.86. The number of amides is 2. The third-order valence-electron chi connectivity index (χ3n) is 4.09. The highest BCUT2D eigenvalue weighted by Gasteiger charge is 2.24. The van der Waals surface area contributed by atoms with Crippen molar-refractivity contribution in [3.63, 3.8) is 0 Å². The van der Waals surface area contributed by atoms with Gasteiger partial charge in [0.05, 0.1) is 7.11 Å². The van der Waals surface area contributed by atoms with Crippen LogP contribution in [0.4, 0.5) is 0 Å². The van der Waals surface area contributed by atoms with Crippen LogP contribution in [-0.2, 0) is 9.59 Å². The van der Waals surface area contributed by atoms with Crippen molar-refractivity contribution in [1.29, 1.82) is 0 Å². The predicted molar refractivity (Wildman–Crippen MR) is 93.7 cm³/mol. The molecule has 1 N–H and O–H groups in total. The smallest absolute Gasteiger partial charge is 0.244 e. The zero-order valence-electron chi connectivity index (χ0n) is 14.5. The molecule has 1 saturated heterocycles. The van der Waals surface area contributed by atoms with Crippen LogP contribution in [0.25, 0.3) is 6.08 Å². The van der Waals surface area contributed by atoms with Gasteiger partial charge in [0.2, 0.25) is 11.8 Å². The van der Waals surface area contributed by atoms with Gasteiger partial charge < -0.3 is 19.9 Å². The van der Waals surface area contributed by atoms with Gasteiger partial charge in [-0.3, -0.25) is 9.59 Å². The van der Waals surface area contributed by atoms with E-state index in [4.69, 9.17) is 4.74 Å². The third kappa shape index (κ3) is 5.09. The lowest BCUT2D eigenvalue weighted by molar-refractivity contribution is -0.136. The summed E-state index contributed by atoms with van der Waals surface area (Å²) >= 11 is 0. The first-order valence-corrected chi connectivity index (χ1v) is 8.09. The summed E-state index contributed by atoms with van der Waals surface area (Å²) < 4.78 is 5.09. The van der Waals surface area contributed by atoms with Crippen LogP contribution < -0.4 is 10.1 Å². The highest BCUT2D eigenvalue weighted by atomic mass is 16.5. The molecule has 0 bridgehead atoms. The lowest BCUT2D eigenvalue weighted by Gasteiger charge is -2.34. The maximum Gasteiger partial charge on any atom is 0.244 e. The fourth-order valence-corrected chi connectivity index (χ4v) is 2.51. The maximum atomic E-state index is 12.3. The summed E-state index contributed by atoms with van der Waals surface area (Å²) in [5.74, 6) is 0.457. The molecule has 0 saturated carbocycles. The molecule has 0 radical (unpaired) electrons. The van der Waals surface area contributed by atoms with Crippen molar-refractivity contribution < 1.29 is 14.3 Å². The molecule has 130 valence electrons. The molecule has 6 nitrogen and oxygen atoms in total. The highest BCUT2D eigenvalue weighted by Crippen LogP contribution is 2.12. The number of hydrogen-bond acceptors (Lipinski definition) is 4. The molecule has 1 unspecified atom stereocenters. The molecule has 2 amide bonds. The highest BCUT2D eigenvalue weighted by molar-refractivity contribution is 5.95. The number of carbonyl (C=O) groups is 2. The molecule has 0 aromatic heterocycles. The van der Waals surface area contributed by atoms with Crippen molar-refractivity contribution >= 4 is 17.9 Å². The normalized spacial score (nSPS) is 16.9. The molecule has 1 aliphatic heterocycles. The van der Waals surface area contributed by atoms with Crippen LogP contribution in [0.5, 0.6) is 5.75 Å². The largest absolute Gasteiger partial charge is 0.497 e. The Morgan fingerprint density at radius 2 is 1.79 bits per heavy atom.